The molecule has 0 radical (unpaired) electrons. The SMILES string of the molecule is CCCOCC(=O)NC(C)(COC)C(=O)O. The summed E-state index contributed by atoms with van der Waals surface area (Å²) in [5, 5.41) is 11.3. The number of hydrogen-bond acceptors (Lipinski definition) is 4. The van der Waals surface area contributed by atoms with Gasteiger partial charge in [-0.3, -0.25) is 4.79 Å². The second kappa shape index (κ2) is 7.19. The van der Waals surface area contributed by atoms with E-state index in [9.17, 15) is 9.59 Å². The molecule has 0 fully saturated rings. The highest BCUT2D eigenvalue weighted by atomic mass is 16.5. The van der Waals surface area contributed by atoms with E-state index in [2.05, 4.69) is 5.32 Å². The quantitative estimate of drug-likeness (QED) is 0.577. The van der Waals surface area contributed by atoms with E-state index >= 15 is 0 Å². The molecule has 0 heterocycles. The van der Waals surface area contributed by atoms with Crippen molar-refractivity contribution in [3.8, 4) is 0 Å². The molecule has 0 saturated heterocycles. The van der Waals surface area contributed by atoms with Gasteiger partial charge in [-0.05, 0) is 13.3 Å². The molecule has 1 atom stereocenters. The molecule has 1 unspecified atom stereocenters. The van der Waals surface area contributed by atoms with Gasteiger partial charge in [-0.2, -0.15) is 0 Å². The van der Waals surface area contributed by atoms with E-state index in [-0.39, 0.29) is 13.2 Å². The minimum Gasteiger partial charge on any atom is -0.479 e. The number of methoxy groups -OCH3 is 1. The van der Waals surface area contributed by atoms with Gasteiger partial charge in [0.15, 0.2) is 5.54 Å². The molecule has 0 aromatic carbocycles. The van der Waals surface area contributed by atoms with Crippen LogP contribution in [0.2, 0.25) is 0 Å². The number of rotatable bonds is 8. The third kappa shape index (κ3) is 5.09. The van der Waals surface area contributed by atoms with Crippen molar-refractivity contribution in [1.29, 1.82) is 0 Å². The van der Waals surface area contributed by atoms with Gasteiger partial charge in [-0.1, -0.05) is 6.92 Å². The molecule has 1 amide bonds. The van der Waals surface area contributed by atoms with E-state index in [1.807, 2.05) is 6.92 Å². The molecule has 0 rings (SSSR count). The number of ether oxygens (including phenoxy) is 2. The van der Waals surface area contributed by atoms with Gasteiger partial charge >= 0.3 is 5.97 Å². The summed E-state index contributed by atoms with van der Waals surface area (Å²) in [4.78, 5) is 22.3. The van der Waals surface area contributed by atoms with Gasteiger partial charge in [-0.25, -0.2) is 4.79 Å². The zero-order chi connectivity index (χ0) is 12.6. The Morgan fingerprint density at radius 3 is 2.50 bits per heavy atom. The Hall–Kier alpha value is -1.14. The van der Waals surface area contributed by atoms with Crippen molar-refractivity contribution in [2.45, 2.75) is 25.8 Å². The molecule has 6 nitrogen and oxygen atoms in total. The smallest absolute Gasteiger partial charge is 0.331 e. The minimum atomic E-state index is -1.42. The summed E-state index contributed by atoms with van der Waals surface area (Å²) in [5.41, 5.74) is -1.42. The number of carboxylic acids is 1. The summed E-state index contributed by atoms with van der Waals surface area (Å²) in [5.74, 6) is -1.60. The predicted molar refractivity (Wildman–Crippen MR) is 57.2 cm³/mol. The highest BCUT2D eigenvalue weighted by Gasteiger charge is 2.34. The second-order valence-electron chi connectivity index (χ2n) is 3.67. The summed E-state index contributed by atoms with van der Waals surface area (Å²) in [6.45, 7) is 3.55. The zero-order valence-electron chi connectivity index (χ0n) is 9.91. The maximum absolute atomic E-state index is 11.4. The molecule has 0 aliphatic rings. The van der Waals surface area contributed by atoms with E-state index in [0.717, 1.165) is 6.42 Å². The first-order chi connectivity index (χ1) is 7.46. The van der Waals surface area contributed by atoms with Crippen LogP contribution in [0.3, 0.4) is 0 Å². The molecular weight excluding hydrogens is 214 g/mol. The lowest BCUT2D eigenvalue weighted by Crippen LogP contribution is -2.56. The van der Waals surface area contributed by atoms with Crippen molar-refractivity contribution in [2.24, 2.45) is 0 Å². The lowest BCUT2D eigenvalue weighted by Gasteiger charge is -2.25. The van der Waals surface area contributed by atoms with Crippen LogP contribution in [0.4, 0.5) is 0 Å². The first-order valence-corrected chi connectivity index (χ1v) is 5.07. The average Bonchev–Trinajstić information content (AvgIpc) is 2.18. The van der Waals surface area contributed by atoms with Gasteiger partial charge in [0.2, 0.25) is 5.91 Å². The average molecular weight is 233 g/mol. The molecule has 0 aromatic rings. The summed E-state index contributed by atoms with van der Waals surface area (Å²) < 4.78 is 9.76. The fourth-order valence-corrected chi connectivity index (χ4v) is 1.09. The Kier molecular flexibility index (Phi) is 6.67. The van der Waals surface area contributed by atoms with Crippen LogP contribution in [-0.4, -0.2) is 49.5 Å². The second-order valence-corrected chi connectivity index (χ2v) is 3.67. The third-order valence-corrected chi connectivity index (χ3v) is 1.90. The van der Waals surface area contributed by atoms with Crippen molar-refractivity contribution in [3.63, 3.8) is 0 Å². The molecule has 0 spiro atoms. The Bertz CT molecular complexity index is 243. The van der Waals surface area contributed by atoms with Crippen molar-refractivity contribution >= 4 is 11.9 Å². The topological polar surface area (TPSA) is 84.9 Å². The number of carboxylic acid groups (broad SMARTS) is 1. The Labute approximate surface area is 94.9 Å². The number of carbonyl (C=O) groups excluding carboxylic acids is 1. The van der Waals surface area contributed by atoms with E-state index in [1.165, 1.54) is 14.0 Å². The fourth-order valence-electron chi connectivity index (χ4n) is 1.09. The number of hydrogen-bond donors (Lipinski definition) is 2. The fraction of sp³-hybridized carbons (Fsp3) is 0.800. The Balaban J connectivity index is 4.19. The van der Waals surface area contributed by atoms with Crippen LogP contribution in [0.15, 0.2) is 0 Å². The van der Waals surface area contributed by atoms with E-state index in [0.29, 0.717) is 6.61 Å². The van der Waals surface area contributed by atoms with Crippen LogP contribution in [0, 0.1) is 0 Å². The molecule has 0 saturated carbocycles. The Morgan fingerprint density at radius 1 is 1.44 bits per heavy atom. The van der Waals surface area contributed by atoms with Crippen LogP contribution in [-0.2, 0) is 19.1 Å². The maximum Gasteiger partial charge on any atom is 0.331 e. The normalized spacial score (nSPS) is 14.2. The largest absolute Gasteiger partial charge is 0.479 e. The number of amides is 1. The van der Waals surface area contributed by atoms with Crippen LogP contribution in [0.25, 0.3) is 0 Å². The molecule has 16 heavy (non-hydrogen) atoms. The summed E-state index contributed by atoms with van der Waals surface area (Å²) >= 11 is 0. The highest BCUT2D eigenvalue weighted by molar-refractivity contribution is 5.87. The van der Waals surface area contributed by atoms with Gasteiger partial charge in [0, 0.05) is 13.7 Å². The molecule has 2 N–H and O–H groups in total. The van der Waals surface area contributed by atoms with Crippen LogP contribution in [0.5, 0.6) is 0 Å². The van der Waals surface area contributed by atoms with Gasteiger partial charge in [0.25, 0.3) is 0 Å². The van der Waals surface area contributed by atoms with Gasteiger partial charge < -0.3 is 19.9 Å². The van der Waals surface area contributed by atoms with Crippen LogP contribution >= 0.6 is 0 Å². The first-order valence-electron chi connectivity index (χ1n) is 5.07. The van der Waals surface area contributed by atoms with Crippen LogP contribution in [0.1, 0.15) is 20.3 Å². The van der Waals surface area contributed by atoms with Gasteiger partial charge in [-0.15, -0.1) is 0 Å². The van der Waals surface area contributed by atoms with Crippen molar-refractivity contribution in [1.82, 2.24) is 5.32 Å². The van der Waals surface area contributed by atoms with Crippen molar-refractivity contribution in [2.75, 3.05) is 26.9 Å². The lowest BCUT2D eigenvalue weighted by molar-refractivity contribution is -0.150. The number of aliphatic carboxylic acids is 1. The van der Waals surface area contributed by atoms with Gasteiger partial charge in [0.1, 0.15) is 6.61 Å². The molecule has 94 valence electrons. The molecule has 0 aromatic heterocycles. The molecule has 0 aliphatic heterocycles. The molecule has 0 bridgehead atoms. The maximum atomic E-state index is 11.4. The highest BCUT2D eigenvalue weighted by Crippen LogP contribution is 2.04. The zero-order valence-corrected chi connectivity index (χ0v) is 9.91. The van der Waals surface area contributed by atoms with E-state index in [1.54, 1.807) is 0 Å². The molecule has 6 heteroatoms. The summed E-state index contributed by atoms with van der Waals surface area (Å²) in [6.07, 6.45) is 0.807. The predicted octanol–water partition coefficient (Wildman–Crippen LogP) is 0.0189. The van der Waals surface area contributed by atoms with Crippen molar-refractivity contribution in [3.05, 3.63) is 0 Å². The van der Waals surface area contributed by atoms with Crippen molar-refractivity contribution < 1.29 is 24.2 Å². The van der Waals surface area contributed by atoms with E-state index < -0.39 is 17.4 Å². The lowest BCUT2D eigenvalue weighted by atomic mass is 10.0. The monoisotopic (exact) mass is 233 g/mol. The van der Waals surface area contributed by atoms with Gasteiger partial charge in [0.05, 0.1) is 6.61 Å². The number of carbonyl (C=O) groups is 2. The summed E-state index contributed by atoms with van der Waals surface area (Å²) in [6, 6.07) is 0. The van der Waals surface area contributed by atoms with E-state index in [4.69, 9.17) is 14.6 Å². The molecular formula is C10H19NO5. The summed E-state index contributed by atoms with van der Waals surface area (Å²) in [7, 11) is 1.38. The standard InChI is InChI=1S/C10H19NO5/c1-4-5-16-6-8(12)11-10(2,7-15-3)9(13)14/h4-7H2,1-3H3,(H,11,12)(H,13,14). The Morgan fingerprint density at radius 2 is 2.06 bits per heavy atom. The third-order valence-electron chi connectivity index (χ3n) is 1.90. The van der Waals surface area contributed by atoms with Crippen LogP contribution < -0.4 is 5.32 Å². The molecule has 0 aliphatic carbocycles. The number of nitrogens with one attached hydrogen (secondary N) is 1. The minimum absolute atomic E-state index is 0.0954. The first kappa shape index (κ1) is 14.9.